The average Bonchev–Trinajstić information content (AvgIpc) is 2.93. The van der Waals surface area contributed by atoms with E-state index in [1.165, 1.54) is 24.0 Å². The Hall–Kier alpha value is -1.82. The minimum atomic E-state index is 0.463. The van der Waals surface area contributed by atoms with Crippen molar-refractivity contribution in [2.24, 2.45) is 10.7 Å². The van der Waals surface area contributed by atoms with Crippen LogP contribution in [0.15, 0.2) is 40.1 Å². The third kappa shape index (κ3) is 3.68. The van der Waals surface area contributed by atoms with Gasteiger partial charge in [0.05, 0.1) is 23.8 Å². The Morgan fingerprint density at radius 1 is 1.36 bits per heavy atom. The molecule has 5 nitrogen and oxygen atoms in total. The van der Waals surface area contributed by atoms with E-state index in [0.29, 0.717) is 19.0 Å². The van der Waals surface area contributed by atoms with E-state index in [2.05, 4.69) is 49.5 Å². The van der Waals surface area contributed by atoms with Crippen LogP contribution in [0.1, 0.15) is 24.0 Å². The smallest absolute Gasteiger partial charge is 0.193 e. The molecule has 3 rings (SSSR count). The number of halogens is 1. The molecule has 1 aromatic carbocycles. The van der Waals surface area contributed by atoms with Gasteiger partial charge in [-0.3, -0.25) is 9.67 Å². The minimum Gasteiger partial charge on any atom is -0.370 e. The van der Waals surface area contributed by atoms with Crippen LogP contribution in [0, 0.1) is 0 Å². The monoisotopic (exact) mass is 361 g/mol. The van der Waals surface area contributed by atoms with Crippen LogP contribution < -0.4 is 11.1 Å². The van der Waals surface area contributed by atoms with Gasteiger partial charge in [-0.1, -0.05) is 12.1 Å². The summed E-state index contributed by atoms with van der Waals surface area (Å²) in [5, 5.41) is 7.44. The maximum Gasteiger partial charge on any atom is 0.193 e. The number of anilines is 1. The molecule has 22 heavy (non-hydrogen) atoms. The standard InChI is InChI=1S/C16H20BrN5/c17-13-10-20-22(11-13)9-8-19-16(18)21-15-7-3-5-12-4-1-2-6-14(12)15/h3,5,7,10-11H,1-2,4,6,8-9H2,(H3,18,19,21). The fourth-order valence-electron chi connectivity index (χ4n) is 2.81. The number of rotatable bonds is 4. The highest BCUT2D eigenvalue weighted by Crippen LogP contribution is 2.27. The molecule has 0 fully saturated rings. The van der Waals surface area contributed by atoms with Gasteiger partial charge in [0, 0.05) is 11.9 Å². The van der Waals surface area contributed by atoms with Crippen molar-refractivity contribution in [3.05, 3.63) is 46.2 Å². The number of hydrogen-bond donors (Lipinski definition) is 2. The number of nitrogens with zero attached hydrogens (tertiary/aromatic N) is 3. The van der Waals surface area contributed by atoms with E-state index in [9.17, 15) is 0 Å². The molecule has 1 aliphatic rings. The molecule has 0 aliphatic heterocycles. The SMILES string of the molecule is NC(=NCCn1cc(Br)cn1)Nc1cccc2c1CCCC2. The van der Waals surface area contributed by atoms with Crippen LogP contribution >= 0.6 is 15.9 Å². The Balaban J connectivity index is 1.61. The quantitative estimate of drug-likeness (QED) is 0.649. The maximum atomic E-state index is 6.01. The van der Waals surface area contributed by atoms with Gasteiger partial charge >= 0.3 is 0 Å². The normalized spacial score (nSPS) is 14.7. The molecule has 0 unspecified atom stereocenters. The van der Waals surface area contributed by atoms with Crippen LogP contribution in [-0.2, 0) is 19.4 Å². The molecule has 3 N–H and O–H groups in total. The first kappa shape index (κ1) is 15.1. The molecule has 0 saturated heterocycles. The van der Waals surface area contributed by atoms with Gasteiger partial charge in [0.25, 0.3) is 0 Å². The van der Waals surface area contributed by atoms with Crippen molar-refractivity contribution in [3.8, 4) is 0 Å². The minimum absolute atomic E-state index is 0.463. The molecular formula is C16H20BrN5. The second-order valence-electron chi connectivity index (χ2n) is 5.46. The molecule has 6 heteroatoms. The Morgan fingerprint density at radius 3 is 3.05 bits per heavy atom. The molecule has 2 aromatic rings. The first-order valence-corrected chi connectivity index (χ1v) is 8.37. The van der Waals surface area contributed by atoms with E-state index in [-0.39, 0.29) is 0 Å². The van der Waals surface area contributed by atoms with Crippen molar-refractivity contribution in [3.63, 3.8) is 0 Å². The van der Waals surface area contributed by atoms with Crippen LogP contribution in [0.4, 0.5) is 5.69 Å². The number of nitrogens with one attached hydrogen (secondary N) is 1. The molecule has 0 saturated carbocycles. The van der Waals surface area contributed by atoms with Crippen LogP contribution in [-0.4, -0.2) is 22.3 Å². The van der Waals surface area contributed by atoms with Gasteiger partial charge in [-0.25, -0.2) is 0 Å². The van der Waals surface area contributed by atoms with Crippen molar-refractivity contribution in [1.82, 2.24) is 9.78 Å². The molecule has 1 aromatic heterocycles. The predicted octanol–water partition coefficient (Wildman–Crippen LogP) is 2.95. The Kier molecular flexibility index (Phi) is 4.77. The second-order valence-corrected chi connectivity index (χ2v) is 6.38. The highest BCUT2D eigenvalue weighted by atomic mass is 79.9. The van der Waals surface area contributed by atoms with Gasteiger partial charge in [0.2, 0.25) is 0 Å². The van der Waals surface area contributed by atoms with Crippen molar-refractivity contribution >= 4 is 27.6 Å². The van der Waals surface area contributed by atoms with Crippen molar-refractivity contribution in [1.29, 1.82) is 0 Å². The number of aliphatic imine (C=N–C) groups is 1. The molecule has 0 spiro atoms. The molecule has 0 atom stereocenters. The largest absolute Gasteiger partial charge is 0.370 e. The summed E-state index contributed by atoms with van der Waals surface area (Å²) in [6, 6.07) is 6.38. The average molecular weight is 362 g/mol. The Morgan fingerprint density at radius 2 is 2.23 bits per heavy atom. The van der Waals surface area contributed by atoms with Gasteiger partial charge in [0.1, 0.15) is 0 Å². The fraction of sp³-hybridized carbons (Fsp3) is 0.375. The Labute approximate surface area is 138 Å². The molecule has 116 valence electrons. The summed E-state index contributed by atoms with van der Waals surface area (Å²) in [7, 11) is 0. The zero-order chi connectivity index (χ0) is 15.4. The lowest BCUT2D eigenvalue weighted by Crippen LogP contribution is -2.24. The number of benzene rings is 1. The number of aryl methyl sites for hydroxylation is 1. The summed E-state index contributed by atoms with van der Waals surface area (Å²) in [5.41, 5.74) is 9.93. The summed E-state index contributed by atoms with van der Waals surface area (Å²) in [6.07, 6.45) is 8.49. The topological polar surface area (TPSA) is 68.2 Å². The zero-order valence-electron chi connectivity index (χ0n) is 12.4. The molecule has 0 amide bonds. The molecule has 1 aliphatic carbocycles. The highest BCUT2D eigenvalue weighted by molar-refractivity contribution is 9.10. The number of aromatic nitrogens is 2. The predicted molar refractivity (Wildman–Crippen MR) is 93.1 cm³/mol. The number of fused-ring (bicyclic) bond motifs is 1. The van der Waals surface area contributed by atoms with E-state index in [4.69, 9.17) is 5.73 Å². The number of guanidine groups is 1. The summed E-state index contributed by atoms with van der Waals surface area (Å²) < 4.78 is 2.81. The van der Waals surface area contributed by atoms with E-state index >= 15 is 0 Å². The van der Waals surface area contributed by atoms with Gasteiger partial charge in [-0.15, -0.1) is 0 Å². The summed E-state index contributed by atoms with van der Waals surface area (Å²) in [6.45, 7) is 1.31. The van der Waals surface area contributed by atoms with Crippen LogP contribution in [0.5, 0.6) is 0 Å². The van der Waals surface area contributed by atoms with E-state index < -0.39 is 0 Å². The van der Waals surface area contributed by atoms with Crippen LogP contribution in [0.25, 0.3) is 0 Å². The van der Waals surface area contributed by atoms with Crippen LogP contribution in [0.3, 0.4) is 0 Å². The first-order chi connectivity index (χ1) is 10.7. The molecule has 0 bridgehead atoms. The third-order valence-corrected chi connectivity index (χ3v) is 4.28. The first-order valence-electron chi connectivity index (χ1n) is 7.58. The van der Waals surface area contributed by atoms with E-state index in [0.717, 1.165) is 23.0 Å². The number of nitrogens with two attached hydrogens (primary N) is 1. The summed E-state index contributed by atoms with van der Waals surface area (Å²) >= 11 is 3.38. The van der Waals surface area contributed by atoms with E-state index in [1.807, 2.05) is 10.9 Å². The van der Waals surface area contributed by atoms with Gasteiger partial charge in [-0.2, -0.15) is 5.10 Å². The maximum absolute atomic E-state index is 6.01. The highest BCUT2D eigenvalue weighted by Gasteiger charge is 2.12. The summed E-state index contributed by atoms with van der Waals surface area (Å²) in [5.74, 6) is 0.463. The molecule has 0 radical (unpaired) electrons. The van der Waals surface area contributed by atoms with Crippen molar-refractivity contribution < 1.29 is 0 Å². The van der Waals surface area contributed by atoms with Gasteiger partial charge in [0.15, 0.2) is 5.96 Å². The van der Waals surface area contributed by atoms with Crippen LogP contribution in [0.2, 0.25) is 0 Å². The van der Waals surface area contributed by atoms with Crippen molar-refractivity contribution in [2.75, 3.05) is 11.9 Å². The van der Waals surface area contributed by atoms with Crippen molar-refractivity contribution in [2.45, 2.75) is 32.2 Å². The fourth-order valence-corrected chi connectivity index (χ4v) is 3.14. The lowest BCUT2D eigenvalue weighted by molar-refractivity contribution is 0.625. The van der Waals surface area contributed by atoms with Gasteiger partial charge in [-0.05, 0) is 58.8 Å². The Bertz CT molecular complexity index is 677. The lowest BCUT2D eigenvalue weighted by atomic mass is 9.90. The third-order valence-electron chi connectivity index (χ3n) is 3.87. The number of hydrogen-bond acceptors (Lipinski definition) is 2. The van der Waals surface area contributed by atoms with E-state index in [1.54, 1.807) is 6.20 Å². The second kappa shape index (κ2) is 6.96. The lowest BCUT2D eigenvalue weighted by Gasteiger charge is -2.19. The zero-order valence-corrected chi connectivity index (χ0v) is 14.0. The molecule has 1 heterocycles. The summed E-state index contributed by atoms with van der Waals surface area (Å²) in [4.78, 5) is 4.38. The van der Waals surface area contributed by atoms with Gasteiger partial charge < -0.3 is 11.1 Å². The molecular weight excluding hydrogens is 342 g/mol.